The van der Waals surface area contributed by atoms with Crippen LogP contribution in [-0.4, -0.2) is 4.98 Å². The standard InChI is InChI=1S/C11H15FN2/c1-11(2)4-9(11)10(13)7-3-8(12)6-14-5-7/h3,5-6,9-10H,4,13H2,1-2H3. The van der Waals surface area contributed by atoms with Crippen molar-refractivity contribution in [3.63, 3.8) is 0 Å². The summed E-state index contributed by atoms with van der Waals surface area (Å²) in [5.74, 6) is 0.155. The quantitative estimate of drug-likeness (QED) is 0.784. The van der Waals surface area contributed by atoms with E-state index in [9.17, 15) is 4.39 Å². The first-order chi connectivity index (χ1) is 6.50. The molecule has 3 heteroatoms. The van der Waals surface area contributed by atoms with E-state index in [1.54, 1.807) is 6.20 Å². The summed E-state index contributed by atoms with van der Waals surface area (Å²) in [4.78, 5) is 3.81. The molecule has 2 atom stereocenters. The Morgan fingerprint density at radius 1 is 1.57 bits per heavy atom. The van der Waals surface area contributed by atoms with Gasteiger partial charge in [-0.05, 0) is 29.4 Å². The Labute approximate surface area is 83.3 Å². The molecule has 0 amide bonds. The Balaban J connectivity index is 2.16. The molecule has 2 N–H and O–H groups in total. The van der Waals surface area contributed by atoms with Gasteiger partial charge < -0.3 is 5.73 Å². The minimum atomic E-state index is -0.309. The molecule has 1 aromatic heterocycles. The smallest absolute Gasteiger partial charge is 0.141 e. The highest BCUT2D eigenvalue weighted by Gasteiger charge is 2.49. The first-order valence-corrected chi connectivity index (χ1v) is 4.87. The summed E-state index contributed by atoms with van der Waals surface area (Å²) in [7, 11) is 0. The molecule has 1 aliphatic carbocycles. The van der Waals surface area contributed by atoms with Gasteiger partial charge in [0.2, 0.25) is 0 Å². The molecule has 2 rings (SSSR count). The van der Waals surface area contributed by atoms with Crippen molar-refractivity contribution in [3.8, 4) is 0 Å². The normalized spacial score (nSPS) is 25.9. The first-order valence-electron chi connectivity index (χ1n) is 4.87. The number of hydrogen-bond donors (Lipinski definition) is 1. The third-order valence-corrected chi connectivity index (χ3v) is 3.13. The van der Waals surface area contributed by atoms with Gasteiger partial charge in [-0.25, -0.2) is 4.39 Å². The third kappa shape index (κ3) is 1.64. The second kappa shape index (κ2) is 3.02. The van der Waals surface area contributed by atoms with Crippen LogP contribution < -0.4 is 5.73 Å². The molecule has 0 bridgehead atoms. The molecule has 0 aliphatic heterocycles. The van der Waals surface area contributed by atoms with Crippen LogP contribution in [0.1, 0.15) is 31.9 Å². The number of nitrogens with two attached hydrogens (primary N) is 1. The second-order valence-corrected chi connectivity index (χ2v) is 4.76. The maximum Gasteiger partial charge on any atom is 0.141 e. The summed E-state index contributed by atoms with van der Waals surface area (Å²) >= 11 is 0. The summed E-state index contributed by atoms with van der Waals surface area (Å²) in [6.07, 6.45) is 3.97. The highest BCUT2D eigenvalue weighted by atomic mass is 19.1. The summed E-state index contributed by atoms with van der Waals surface area (Å²) in [6.45, 7) is 4.37. The molecule has 1 aliphatic rings. The second-order valence-electron chi connectivity index (χ2n) is 4.76. The van der Waals surface area contributed by atoms with E-state index in [1.807, 2.05) is 0 Å². The first kappa shape index (κ1) is 9.59. The van der Waals surface area contributed by atoms with Crippen molar-refractivity contribution >= 4 is 0 Å². The molecule has 76 valence electrons. The maximum absolute atomic E-state index is 12.9. The molecule has 2 nitrogen and oxygen atoms in total. The summed E-state index contributed by atoms with van der Waals surface area (Å²) in [5.41, 5.74) is 7.16. The zero-order chi connectivity index (χ0) is 10.3. The number of hydrogen-bond acceptors (Lipinski definition) is 2. The van der Waals surface area contributed by atoms with E-state index in [0.29, 0.717) is 11.3 Å². The van der Waals surface area contributed by atoms with Gasteiger partial charge in [0.25, 0.3) is 0 Å². The lowest BCUT2D eigenvalue weighted by Crippen LogP contribution is -2.15. The third-order valence-electron chi connectivity index (χ3n) is 3.13. The van der Waals surface area contributed by atoms with Gasteiger partial charge in [0, 0.05) is 12.2 Å². The van der Waals surface area contributed by atoms with Gasteiger partial charge in [-0.3, -0.25) is 4.98 Å². The molecule has 0 aromatic carbocycles. The van der Waals surface area contributed by atoms with Gasteiger partial charge in [-0.1, -0.05) is 13.8 Å². The largest absolute Gasteiger partial charge is 0.324 e. The molecular weight excluding hydrogens is 179 g/mol. The van der Waals surface area contributed by atoms with Crippen molar-refractivity contribution in [2.75, 3.05) is 0 Å². The fourth-order valence-electron chi connectivity index (χ4n) is 1.96. The van der Waals surface area contributed by atoms with Crippen molar-refractivity contribution < 1.29 is 4.39 Å². The van der Waals surface area contributed by atoms with Crippen LogP contribution >= 0.6 is 0 Å². The Morgan fingerprint density at radius 3 is 2.71 bits per heavy atom. The van der Waals surface area contributed by atoms with Crippen LogP contribution in [0.3, 0.4) is 0 Å². The molecule has 14 heavy (non-hydrogen) atoms. The Bertz CT molecular complexity index is 349. The molecule has 1 aromatic rings. The van der Waals surface area contributed by atoms with E-state index in [-0.39, 0.29) is 11.9 Å². The van der Waals surface area contributed by atoms with Gasteiger partial charge in [0.15, 0.2) is 0 Å². The van der Waals surface area contributed by atoms with E-state index in [2.05, 4.69) is 18.8 Å². The molecule has 0 radical (unpaired) electrons. The number of aromatic nitrogens is 1. The van der Waals surface area contributed by atoms with E-state index in [1.165, 1.54) is 12.3 Å². The van der Waals surface area contributed by atoms with E-state index in [4.69, 9.17) is 5.73 Å². The lowest BCUT2D eigenvalue weighted by atomic mass is 9.99. The fourth-order valence-corrected chi connectivity index (χ4v) is 1.96. The Hall–Kier alpha value is -0.960. The van der Waals surface area contributed by atoms with Gasteiger partial charge in [0.05, 0.1) is 6.20 Å². The van der Waals surface area contributed by atoms with Crippen molar-refractivity contribution in [3.05, 3.63) is 29.8 Å². The highest BCUT2D eigenvalue weighted by molar-refractivity contribution is 5.19. The van der Waals surface area contributed by atoms with Crippen molar-refractivity contribution in [2.24, 2.45) is 17.1 Å². The fraction of sp³-hybridized carbons (Fsp3) is 0.545. The molecule has 1 heterocycles. The van der Waals surface area contributed by atoms with Crippen molar-refractivity contribution in [2.45, 2.75) is 26.3 Å². The van der Waals surface area contributed by atoms with Crippen LogP contribution in [0.5, 0.6) is 0 Å². The van der Waals surface area contributed by atoms with Crippen molar-refractivity contribution in [1.82, 2.24) is 4.98 Å². The minimum Gasteiger partial charge on any atom is -0.324 e. The Kier molecular flexibility index (Phi) is 2.07. The predicted molar refractivity (Wildman–Crippen MR) is 53.0 cm³/mol. The van der Waals surface area contributed by atoms with Crippen LogP contribution in [-0.2, 0) is 0 Å². The summed E-state index contributed by atoms with van der Waals surface area (Å²) in [5, 5.41) is 0. The van der Waals surface area contributed by atoms with E-state index < -0.39 is 0 Å². The average Bonchev–Trinajstić information content (AvgIpc) is 2.74. The monoisotopic (exact) mass is 194 g/mol. The van der Waals surface area contributed by atoms with Crippen molar-refractivity contribution in [1.29, 1.82) is 0 Å². The lowest BCUT2D eigenvalue weighted by molar-refractivity contribution is 0.488. The zero-order valence-electron chi connectivity index (χ0n) is 8.50. The van der Waals surface area contributed by atoms with Gasteiger partial charge in [-0.15, -0.1) is 0 Å². The van der Waals surface area contributed by atoms with Crippen LogP contribution in [0.4, 0.5) is 4.39 Å². The van der Waals surface area contributed by atoms with Crippen LogP contribution in [0.15, 0.2) is 18.5 Å². The highest BCUT2D eigenvalue weighted by Crippen LogP contribution is 2.56. The predicted octanol–water partition coefficient (Wildman–Crippen LogP) is 2.27. The number of rotatable bonds is 2. The Morgan fingerprint density at radius 2 is 2.21 bits per heavy atom. The summed E-state index contributed by atoms with van der Waals surface area (Å²) in [6, 6.07) is 1.40. The number of nitrogens with zero attached hydrogens (tertiary/aromatic N) is 1. The summed E-state index contributed by atoms with van der Waals surface area (Å²) < 4.78 is 12.9. The van der Waals surface area contributed by atoms with Gasteiger partial charge in [0.1, 0.15) is 5.82 Å². The molecule has 1 saturated carbocycles. The molecule has 0 saturated heterocycles. The number of halogens is 1. The number of pyridine rings is 1. The van der Waals surface area contributed by atoms with Crippen LogP contribution in [0.25, 0.3) is 0 Å². The van der Waals surface area contributed by atoms with Gasteiger partial charge >= 0.3 is 0 Å². The lowest BCUT2D eigenvalue weighted by Gasteiger charge is -2.13. The van der Waals surface area contributed by atoms with E-state index in [0.717, 1.165) is 12.0 Å². The van der Waals surface area contributed by atoms with Crippen LogP contribution in [0, 0.1) is 17.2 Å². The molecule has 0 spiro atoms. The van der Waals surface area contributed by atoms with Crippen LogP contribution in [0.2, 0.25) is 0 Å². The topological polar surface area (TPSA) is 38.9 Å². The molecular formula is C11H15FN2. The maximum atomic E-state index is 12.9. The average molecular weight is 194 g/mol. The minimum absolute atomic E-state index is 0.0757. The zero-order valence-corrected chi connectivity index (χ0v) is 8.50. The molecule has 2 unspecified atom stereocenters. The van der Waals surface area contributed by atoms with Gasteiger partial charge in [-0.2, -0.15) is 0 Å². The SMILES string of the molecule is CC1(C)CC1C(N)c1cncc(F)c1. The van der Waals surface area contributed by atoms with E-state index >= 15 is 0 Å². The molecule has 1 fully saturated rings.